The van der Waals surface area contributed by atoms with E-state index in [9.17, 15) is 5.11 Å². The highest BCUT2D eigenvalue weighted by Crippen LogP contribution is 2.54. The van der Waals surface area contributed by atoms with Crippen molar-refractivity contribution in [2.45, 2.75) is 30.1 Å². The van der Waals surface area contributed by atoms with Crippen LogP contribution in [-0.2, 0) is 10.2 Å². The topological polar surface area (TPSA) is 32.8 Å². The standard InChI is InChI=1S/C17H16O2/c18-16-15-14(19-15)11-17(16,12-7-3-1-4-8-12)13-9-5-2-6-10-13/h1-10,14-16,18H,11H2/t14-,15-,16-/m1/s1. The first-order valence-electron chi connectivity index (χ1n) is 6.77. The Labute approximate surface area is 112 Å². The Kier molecular flexibility index (Phi) is 2.32. The van der Waals surface area contributed by atoms with E-state index in [1.54, 1.807) is 0 Å². The van der Waals surface area contributed by atoms with E-state index < -0.39 is 6.10 Å². The summed E-state index contributed by atoms with van der Waals surface area (Å²) in [6.07, 6.45) is 0.644. The lowest BCUT2D eigenvalue weighted by atomic mass is 9.71. The normalized spacial score (nSPS) is 30.9. The molecule has 0 aromatic heterocycles. The van der Waals surface area contributed by atoms with Crippen LogP contribution in [0.15, 0.2) is 60.7 Å². The maximum atomic E-state index is 10.7. The van der Waals surface area contributed by atoms with E-state index in [2.05, 4.69) is 24.3 Å². The summed E-state index contributed by atoms with van der Waals surface area (Å²) >= 11 is 0. The average Bonchev–Trinajstić information content (AvgIpc) is 3.19. The summed E-state index contributed by atoms with van der Waals surface area (Å²) in [5.74, 6) is 0. The molecule has 1 saturated carbocycles. The van der Waals surface area contributed by atoms with E-state index in [0.717, 1.165) is 6.42 Å². The van der Waals surface area contributed by atoms with E-state index >= 15 is 0 Å². The largest absolute Gasteiger partial charge is 0.389 e. The third-order valence-corrected chi connectivity index (χ3v) is 4.54. The second-order valence-corrected chi connectivity index (χ2v) is 5.49. The minimum Gasteiger partial charge on any atom is -0.389 e. The molecule has 4 rings (SSSR count). The first-order chi connectivity index (χ1) is 9.32. The zero-order valence-electron chi connectivity index (χ0n) is 10.6. The highest BCUT2D eigenvalue weighted by molar-refractivity contribution is 5.45. The van der Waals surface area contributed by atoms with Gasteiger partial charge in [0.1, 0.15) is 6.10 Å². The molecule has 2 aromatic rings. The van der Waals surface area contributed by atoms with Gasteiger partial charge in [-0.1, -0.05) is 60.7 Å². The molecule has 1 saturated heterocycles. The summed E-state index contributed by atoms with van der Waals surface area (Å²) in [7, 11) is 0. The molecule has 0 spiro atoms. The predicted molar refractivity (Wildman–Crippen MR) is 72.9 cm³/mol. The fraction of sp³-hybridized carbons (Fsp3) is 0.294. The molecule has 2 aliphatic rings. The molecule has 1 aliphatic carbocycles. The quantitative estimate of drug-likeness (QED) is 0.833. The molecule has 19 heavy (non-hydrogen) atoms. The highest BCUT2D eigenvalue weighted by atomic mass is 16.6. The number of hydrogen-bond donors (Lipinski definition) is 1. The molecule has 1 aliphatic heterocycles. The number of ether oxygens (including phenoxy) is 1. The molecular formula is C17H16O2. The van der Waals surface area contributed by atoms with Crippen molar-refractivity contribution in [2.75, 3.05) is 0 Å². The number of aliphatic hydroxyl groups excluding tert-OH is 1. The first-order valence-corrected chi connectivity index (χ1v) is 6.77. The zero-order chi connectivity index (χ0) is 12.9. The number of epoxide rings is 1. The lowest BCUT2D eigenvalue weighted by Crippen LogP contribution is -2.40. The van der Waals surface area contributed by atoms with E-state index in [4.69, 9.17) is 4.74 Å². The second-order valence-electron chi connectivity index (χ2n) is 5.49. The van der Waals surface area contributed by atoms with Crippen LogP contribution in [0.1, 0.15) is 17.5 Å². The van der Waals surface area contributed by atoms with Crippen molar-refractivity contribution in [2.24, 2.45) is 0 Å². The molecule has 2 fully saturated rings. The number of benzene rings is 2. The van der Waals surface area contributed by atoms with E-state index in [0.29, 0.717) is 0 Å². The number of rotatable bonds is 2. The first kappa shape index (κ1) is 11.2. The Hall–Kier alpha value is -1.64. The summed E-state index contributed by atoms with van der Waals surface area (Å²) in [5.41, 5.74) is 2.06. The molecular weight excluding hydrogens is 236 g/mol. The van der Waals surface area contributed by atoms with Gasteiger partial charge in [0.2, 0.25) is 0 Å². The van der Waals surface area contributed by atoms with Crippen LogP contribution < -0.4 is 0 Å². The average molecular weight is 252 g/mol. The fourth-order valence-corrected chi connectivity index (χ4v) is 3.53. The van der Waals surface area contributed by atoms with Crippen LogP contribution >= 0.6 is 0 Å². The minimum atomic E-state index is -0.456. The van der Waals surface area contributed by atoms with Gasteiger partial charge in [-0.15, -0.1) is 0 Å². The molecule has 1 heterocycles. The van der Waals surface area contributed by atoms with E-state index in [-0.39, 0.29) is 17.6 Å². The molecule has 0 amide bonds. The zero-order valence-corrected chi connectivity index (χ0v) is 10.6. The lowest BCUT2D eigenvalue weighted by molar-refractivity contribution is 0.0644. The monoisotopic (exact) mass is 252 g/mol. The Morgan fingerprint density at radius 3 is 1.84 bits per heavy atom. The van der Waals surface area contributed by atoms with Crippen molar-refractivity contribution in [3.63, 3.8) is 0 Å². The Morgan fingerprint density at radius 1 is 0.895 bits per heavy atom. The number of fused-ring (bicyclic) bond motifs is 1. The summed E-state index contributed by atoms with van der Waals surface area (Å²) in [5, 5.41) is 10.7. The summed E-state index contributed by atoms with van der Waals surface area (Å²) < 4.78 is 5.51. The van der Waals surface area contributed by atoms with Crippen molar-refractivity contribution in [3.05, 3.63) is 71.8 Å². The summed E-state index contributed by atoms with van der Waals surface area (Å²) in [6.45, 7) is 0. The van der Waals surface area contributed by atoms with Crippen molar-refractivity contribution in [1.82, 2.24) is 0 Å². The fourth-order valence-electron chi connectivity index (χ4n) is 3.53. The Morgan fingerprint density at radius 2 is 1.42 bits per heavy atom. The highest BCUT2D eigenvalue weighted by Gasteiger charge is 2.63. The third-order valence-electron chi connectivity index (χ3n) is 4.54. The summed E-state index contributed by atoms with van der Waals surface area (Å²) in [6, 6.07) is 20.6. The molecule has 1 N–H and O–H groups in total. The van der Waals surface area contributed by atoms with Gasteiger partial charge in [0.15, 0.2) is 0 Å². The molecule has 2 nitrogen and oxygen atoms in total. The van der Waals surface area contributed by atoms with E-state index in [1.807, 2.05) is 36.4 Å². The van der Waals surface area contributed by atoms with Crippen LogP contribution in [0.3, 0.4) is 0 Å². The van der Waals surface area contributed by atoms with Gasteiger partial charge in [-0.25, -0.2) is 0 Å². The van der Waals surface area contributed by atoms with Crippen LogP contribution in [-0.4, -0.2) is 23.4 Å². The van der Waals surface area contributed by atoms with Crippen molar-refractivity contribution in [3.8, 4) is 0 Å². The molecule has 96 valence electrons. The van der Waals surface area contributed by atoms with E-state index in [1.165, 1.54) is 11.1 Å². The minimum absolute atomic E-state index is 0.0143. The van der Waals surface area contributed by atoms with Crippen molar-refractivity contribution >= 4 is 0 Å². The summed E-state index contributed by atoms with van der Waals surface area (Å²) in [4.78, 5) is 0. The maximum absolute atomic E-state index is 10.7. The van der Waals surface area contributed by atoms with Crippen LogP contribution in [0.2, 0.25) is 0 Å². The lowest BCUT2D eigenvalue weighted by Gasteiger charge is -2.35. The van der Waals surface area contributed by atoms with Crippen molar-refractivity contribution < 1.29 is 9.84 Å². The van der Waals surface area contributed by atoms with Crippen LogP contribution in [0.25, 0.3) is 0 Å². The van der Waals surface area contributed by atoms with Gasteiger partial charge in [0, 0.05) is 0 Å². The Balaban J connectivity index is 1.90. The second kappa shape index (κ2) is 3.92. The Bertz CT molecular complexity index is 539. The third kappa shape index (κ3) is 1.50. The van der Waals surface area contributed by atoms with Crippen LogP contribution in [0.5, 0.6) is 0 Å². The van der Waals surface area contributed by atoms with Gasteiger partial charge in [0.25, 0.3) is 0 Å². The van der Waals surface area contributed by atoms with Crippen molar-refractivity contribution in [1.29, 1.82) is 0 Å². The molecule has 0 unspecified atom stereocenters. The van der Waals surface area contributed by atoms with Gasteiger partial charge in [-0.05, 0) is 17.5 Å². The van der Waals surface area contributed by atoms with Crippen LogP contribution in [0.4, 0.5) is 0 Å². The molecule has 0 radical (unpaired) electrons. The van der Waals surface area contributed by atoms with Gasteiger partial charge in [-0.3, -0.25) is 0 Å². The molecule has 3 atom stereocenters. The van der Waals surface area contributed by atoms with Gasteiger partial charge < -0.3 is 9.84 Å². The molecule has 2 aromatic carbocycles. The molecule has 2 heteroatoms. The molecule has 0 bridgehead atoms. The van der Waals surface area contributed by atoms with Gasteiger partial charge in [-0.2, -0.15) is 0 Å². The maximum Gasteiger partial charge on any atom is 0.111 e. The number of hydrogen-bond acceptors (Lipinski definition) is 2. The van der Waals surface area contributed by atoms with Crippen LogP contribution in [0, 0.1) is 0 Å². The number of aliphatic hydroxyl groups is 1. The predicted octanol–water partition coefficient (Wildman–Crippen LogP) is 2.50. The van der Waals surface area contributed by atoms with Gasteiger partial charge in [0.05, 0.1) is 17.6 Å². The smallest absolute Gasteiger partial charge is 0.111 e. The SMILES string of the molecule is O[C@@H]1[C@@H]2O[C@@H]2CC1(c1ccccc1)c1ccccc1. The van der Waals surface area contributed by atoms with Gasteiger partial charge >= 0.3 is 0 Å².